The van der Waals surface area contributed by atoms with E-state index in [0.717, 1.165) is 12.0 Å². The molecule has 0 aliphatic heterocycles. The van der Waals surface area contributed by atoms with Gasteiger partial charge in [-0.1, -0.05) is 25.1 Å². The fourth-order valence-electron chi connectivity index (χ4n) is 2.01. The minimum Gasteiger partial charge on any atom is -0.505 e. The second-order valence-electron chi connectivity index (χ2n) is 4.70. The number of methoxy groups -OCH3 is 1. The van der Waals surface area contributed by atoms with E-state index in [1.54, 1.807) is 18.2 Å². The number of anilines is 1. The Hall–Kier alpha value is -2.82. The molecule has 2 rings (SSSR count). The summed E-state index contributed by atoms with van der Waals surface area (Å²) >= 11 is 0. The smallest absolute Gasteiger partial charge is 0.341 e. The van der Waals surface area contributed by atoms with Crippen LogP contribution in [-0.4, -0.2) is 24.1 Å². The van der Waals surface area contributed by atoms with Gasteiger partial charge in [0.1, 0.15) is 5.56 Å². The van der Waals surface area contributed by atoms with Gasteiger partial charge in [0, 0.05) is 5.56 Å². The summed E-state index contributed by atoms with van der Waals surface area (Å²) in [6.45, 7) is 2.03. The van der Waals surface area contributed by atoms with E-state index in [4.69, 9.17) is 0 Å². The molecule has 5 heteroatoms. The molecule has 2 aromatic carbocycles. The Balaban J connectivity index is 2.22. The zero-order valence-corrected chi connectivity index (χ0v) is 12.4. The number of phenols is 1. The first kappa shape index (κ1) is 15.6. The van der Waals surface area contributed by atoms with Gasteiger partial charge >= 0.3 is 5.97 Å². The molecule has 0 atom stereocenters. The first-order valence-electron chi connectivity index (χ1n) is 6.87. The van der Waals surface area contributed by atoms with E-state index in [9.17, 15) is 14.7 Å². The van der Waals surface area contributed by atoms with Gasteiger partial charge in [-0.3, -0.25) is 4.79 Å². The number of hydrogen-bond acceptors (Lipinski definition) is 4. The molecule has 0 aliphatic rings. The van der Waals surface area contributed by atoms with Crippen molar-refractivity contribution >= 4 is 17.6 Å². The van der Waals surface area contributed by atoms with Crippen LogP contribution in [0.15, 0.2) is 42.5 Å². The zero-order valence-electron chi connectivity index (χ0n) is 12.4. The van der Waals surface area contributed by atoms with Crippen LogP contribution in [0.3, 0.4) is 0 Å². The Morgan fingerprint density at radius 2 is 1.82 bits per heavy atom. The topological polar surface area (TPSA) is 75.6 Å². The maximum Gasteiger partial charge on any atom is 0.341 e. The fourth-order valence-corrected chi connectivity index (χ4v) is 2.01. The van der Waals surface area contributed by atoms with Gasteiger partial charge in [0.05, 0.1) is 12.8 Å². The molecule has 0 heterocycles. The number of esters is 1. The molecule has 0 saturated heterocycles. The lowest BCUT2D eigenvalue weighted by Gasteiger charge is -2.10. The van der Waals surface area contributed by atoms with Crippen LogP contribution in [0.2, 0.25) is 0 Å². The van der Waals surface area contributed by atoms with Gasteiger partial charge in [-0.15, -0.1) is 0 Å². The van der Waals surface area contributed by atoms with Crippen LogP contribution in [0, 0.1) is 0 Å². The van der Waals surface area contributed by atoms with Crippen LogP contribution in [-0.2, 0) is 11.2 Å². The quantitative estimate of drug-likeness (QED) is 0.672. The van der Waals surface area contributed by atoms with Crippen molar-refractivity contribution in [1.82, 2.24) is 0 Å². The van der Waals surface area contributed by atoms with Gasteiger partial charge in [0.15, 0.2) is 5.75 Å². The molecule has 0 aliphatic carbocycles. The molecule has 0 bridgehead atoms. The molecule has 0 fully saturated rings. The highest BCUT2D eigenvalue weighted by Crippen LogP contribution is 2.28. The second-order valence-corrected chi connectivity index (χ2v) is 4.70. The first-order chi connectivity index (χ1) is 10.6. The Morgan fingerprint density at radius 1 is 1.14 bits per heavy atom. The fraction of sp³-hybridized carbons (Fsp3) is 0.176. The summed E-state index contributed by atoms with van der Waals surface area (Å²) in [5.74, 6) is -1.34. The molecule has 0 radical (unpaired) electrons. The molecule has 2 N–H and O–H groups in total. The molecule has 0 spiro atoms. The number of aromatic hydroxyl groups is 1. The van der Waals surface area contributed by atoms with E-state index in [2.05, 4.69) is 10.1 Å². The molecular weight excluding hydrogens is 282 g/mol. The van der Waals surface area contributed by atoms with Crippen LogP contribution in [0.25, 0.3) is 0 Å². The summed E-state index contributed by atoms with van der Waals surface area (Å²) in [5, 5.41) is 12.6. The summed E-state index contributed by atoms with van der Waals surface area (Å²) in [4.78, 5) is 23.7. The molecule has 0 saturated carbocycles. The second kappa shape index (κ2) is 6.76. The van der Waals surface area contributed by atoms with Crippen LogP contribution < -0.4 is 5.32 Å². The molecule has 5 nitrogen and oxygen atoms in total. The number of carbonyl (C=O) groups is 2. The molecule has 22 heavy (non-hydrogen) atoms. The van der Waals surface area contributed by atoms with Crippen molar-refractivity contribution < 1.29 is 19.4 Å². The number of amides is 1. The molecule has 0 aromatic heterocycles. The molecule has 2 aromatic rings. The van der Waals surface area contributed by atoms with Gasteiger partial charge in [-0.25, -0.2) is 4.79 Å². The number of benzene rings is 2. The van der Waals surface area contributed by atoms with Crippen molar-refractivity contribution in [1.29, 1.82) is 0 Å². The van der Waals surface area contributed by atoms with Gasteiger partial charge in [0.25, 0.3) is 5.91 Å². The van der Waals surface area contributed by atoms with E-state index in [1.807, 2.05) is 19.1 Å². The summed E-state index contributed by atoms with van der Waals surface area (Å²) in [7, 11) is 1.22. The van der Waals surface area contributed by atoms with E-state index >= 15 is 0 Å². The van der Waals surface area contributed by atoms with Crippen molar-refractivity contribution in [3.8, 4) is 5.75 Å². The number of hydrogen-bond donors (Lipinski definition) is 2. The normalized spacial score (nSPS) is 10.1. The molecule has 114 valence electrons. The van der Waals surface area contributed by atoms with Gasteiger partial charge < -0.3 is 15.2 Å². The van der Waals surface area contributed by atoms with E-state index in [1.165, 1.54) is 19.2 Å². The number of nitrogens with one attached hydrogen (secondary N) is 1. The molecular formula is C17H17NO4. The number of rotatable bonds is 4. The Morgan fingerprint density at radius 3 is 2.41 bits per heavy atom. The first-order valence-corrected chi connectivity index (χ1v) is 6.87. The Kier molecular flexibility index (Phi) is 4.78. The largest absolute Gasteiger partial charge is 0.505 e. The predicted molar refractivity (Wildman–Crippen MR) is 83.2 cm³/mol. The van der Waals surface area contributed by atoms with Crippen molar-refractivity contribution in [2.24, 2.45) is 0 Å². The standard InChI is InChI=1S/C17H17NO4/c1-3-11-7-9-12(10-8-11)16(20)18-14-6-4-5-13(15(14)19)17(21)22-2/h4-10,19H,3H2,1-2H3,(H,18,20). The van der Waals surface area contributed by atoms with Crippen LogP contribution in [0.4, 0.5) is 5.69 Å². The number of ether oxygens (including phenoxy) is 1. The average molecular weight is 299 g/mol. The third-order valence-corrected chi connectivity index (χ3v) is 3.31. The molecule has 1 amide bonds. The SMILES string of the molecule is CCc1ccc(C(=O)Nc2cccc(C(=O)OC)c2O)cc1. The third kappa shape index (κ3) is 3.25. The predicted octanol–water partition coefficient (Wildman–Crippen LogP) is 2.99. The van der Waals surface area contributed by atoms with Crippen LogP contribution >= 0.6 is 0 Å². The highest BCUT2D eigenvalue weighted by atomic mass is 16.5. The number of para-hydroxylation sites is 1. The summed E-state index contributed by atoms with van der Waals surface area (Å²) in [6, 6.07) is 11.7. The van der Waals surface area contributed by atoms with Crippen molar-refractivity contribution in [3.05, 3.63) is 59.2 Å². The third-order valence-electron chi connectivity index (χ3n) is 3.31. The summed E-state index contributed by atoms with van der Waals surface area (Å²) < 4.78 is 4.58. The van der Waals surface area contributed by atoms with Gasteiger partial charge in [0.2, 0.25) is 0 Å². The lowest BCUT2D eigenvalue weighted by atomic mass is 10.1. The zero-order chi connectivity index (χ0) is 16.1. The highest BCUT2D eigenvalue weighted by Gasteiger charge is 2.16. The maximum absolute atomic E-state index is 12.2. The molecule has 0 unspecified atom stereocenters. The lowest BCUT2D eigenvalue weighted by molar-refractivity contribution is 0.0597. The van der Waals surface area contributed by atoms with E-state index < -0.39 is 5.97 Å². The van der Waals surface area contributed by atoms with Gasteiger partial charge in [-0.05, 0) is 36.2 Å². The maximum atomic E-state index is 12.2. The summed E-state index contributed by atoms with van der Waals surface area (Å²) in [6.07, 6.45) is 0.893. The van der Waals surface area contributed by atoms with Crippen molar-refractivity contribution in [2.75, 3.05) is 12.4 Å². The average Bonchev–Trinajstić information content (AvgIpc) is 2.56. The van der Waals surface area contributed by atoms with Crippen LogP contribution in [0.5, 0.6) is 5.75 Å². The van der Waals surface area contributed by atoms with Crippen LogP contribution in [0.1, 0.15) is 33.2 Å². The minimum absolute atomic E-state index is 0.00151. The van der Waals surface area contributed by atoms with Crippen molar-refractivity contribution in [3.63, 3.8) is 0 Å². The van der Waals surface area contributed by atoms with E-state index in [-0.39, 0.29) is 22.9 Å². The minimum atomic E-state index is -0.666. The lowest BCUT2D eigenvalue weighted by Crippen LogP contribution is -2.13. The Labute approximate surface area is 128 Å². The van der Waals surface area contributed by atoms with Crippen molar-refractivity contribution in [2.45, 2.75) is 13.3 Å². The number of carbonyl (C=O) groups excluding carboxylic acids is 2. The van der Waals surface area contributed by atoms with Gasteiger partial charge in [-0.2, -0.15) is 0 Å². The number of phenolic OH excluding ortho intramolecular Hbond substituents is 1. The monoisotopic (exact) mass is 299 g/mol. The number of aryl methyl sites for hydroxylation is 1. The Bertz CT molecular complexity index is 692. The summed E-state index contributed by atoms with van der Waals surface area (Å²) in [5.41, 5.74) is 1.77. The van der Waals surface area contributed by atoms with E-state index in [0.29, 0.717) is 5.56 Å². The highest BCUT2D eigenvalue weighted by molar-refractivity contribution is 6.06.